The molecule has 0 radical (unpaired) electrons. The van der Waals surface area contributed by atoms with E-state index >= 15 is 0 Å². The number of halogens is 1. The molecule has 2 aromatic carbocycles. The fraction of sp³-hybridized carbons (Fsp3) is 0.176. The number of benzene rings is 2. The number of hydrogen-bond acceptors (Lipinski definition) is 6. The molecule has 0 saturated carbocycles. The Balaban J connectivity index is 1.45. The molecule has 1 aromatic heterocycles. The molecule has 7 heteroatoms. The summed E-state index contributed by atoms with van der Waals surface area (Å²) in [7, 11) is 0. The van der Waals surface area contributed by atoms with Crippen molar-refractivity contribution in [2.75, 3.05) is 17.7 Å². The number of aromatic nitrogens is 2. The third kappa shape index (κ3) is 4.94. The molecule has 4 nitrogen and oxygen atoms in total. The van der Waals surface area contributed by atoms with E-state index in [9.17, 15) is 4.39 Å². The van der Waals surface area contributed by atoms with Crippen LogP contribution in [0.25, 0.3) is 0 Å². The van der Waals surface area contributed by atoms with Gasteiger partial charge in [0.15, 0.2) is 4.34 Å². The van der Waals surface area contributed by atoms with Gasteiger partial charge in [-0.15, -0.1) is 10.2 Å². The monoisotopic (exact) mass is 361 g/mol. The highest BCUT2D eigenvalue weighted by Crippen LogP contribution is 2.27. The second-order valence-electron chi connectivity index (χ2n) is 5.02. The maximum atomic E-state index is 12.8. The molecule has 0 bridgehead atoms. The van der Waals surface area contributed by atoms with Crippen LogP contribution in [0, 0.1) is 12.7 Å². The highest BCUT2D eigenvalue weighted by atomic mass is 32.2. The predicted molar refractivity (Wildman–Crippen MR) is 97.0 cm³/mol. The molecule has 1 N–H and O–H groups in total. The second kappa shape index (κ2) is 8.12. The molecule has 0 spiro atoms. The SMILES string of the molecule is Cc1cccc(Nc2nnc(SCCOc3ccc(F)cc3)s2)c1. The first kappa shape index (κ1) is 16.7. The lowest BCUT2D eigenvalue weighted by Gasteiger charge is -2.04. The number of hydrogen-bond donors (Lipinski definition) is 1. The highest BCUT2D eigenvalue weighted by molar-refractivity contribution is 8.01. The molecular weight excluding hydrogens is 345 g/mol. The van der Waals surface area contributed by atoms with Gasteiger partial charge < -0.3 is 10.1 Å². The number of rotatable bonds is 7. The normalized spacial score (nSPS) is 10.6. The van der Waals surface area contributed by atoms with Gasteiger partial charge in [-0.25, -0.2) is 4.39 Å². The third-order valence-corrected chi connectivity index (χ3v) is 5.00. The number of anilines is 2. The molecule has 0 aliphatic heterocycles. The molecule has 0 aliphatic rings. The molecule has 3 rings (SSSR count). The van der Waals surface area contributed by atoms with Crippen molar-refractivity contribution < 1.29 is 9.13 Å². The Kier molecular flexibility index (Phi) is 5.66. The Labute approximate surface area is 148 Å². The van der Waals surface area contributed by atoms with Gasteiger partial charge in [-0.1, -0.05) is 35.2 Å². The van der Waals surface area contributed by atoms with Crippen LogP contribution in [0.1, 0.15) is 5.56 Å². The number of thioether (sulfide) groups is 1. The third-order valence-electron chi connectivity index (χ3n) is 3.07. The predicted octanol–water partition coefficient (Wildman–Crippen LogP) is 4.90. The molecule has 124 valence electrons. The molecule has 0 unspecified atom stereocenters. The molecule has 0 fully saturated rings. The van der Waals surface area contributed by atoms with Crippen molar-refractivity contribution in [1.82, 2.24) is 10.2 Å². The van der Waals surface area contributed by atoms with Gasteiger partial charge in [0, 0.05) is 11.4 Å². The van der Waals surface area contributed by atoms with Crippen LogP contribution in [0.3, 0.4) is 0 Å². The Morgan fingerprint density at radius 2 is 2.00 bits per heavy atom. The van der Waals surface area contributed by atoms with Crippen molar-refractivity contribution in [3.05, 3.63) is 59.9 Å². The van der Waals surface area contributed by atoms with Gasteiger partial charge in [-0.2, -0.15) is 0 Å². The molecule has 0 amide bonds. The molecular formula is C17H16FN3OS2. The zero-order chi connectivity index (χ0) is 16.8. The summed E-state index contributed by atoms with van der Waals surface area (Å²) in [4.78, 5) is 0. The van der Waals surface area contributed by atoms with Crippen molar-refractivity contribution in [2.24, 2.45) is 0 Å². The van der Waals surface area contributed by atoms with Crippen LogP contribution in [0.4, 0.5) is 15.2 Å². The van der Waals surface area contributed by atoms with E-state index in [1.54, 1.807) is 23.9 Å². The van der Waals surface area contributed by atoms with Crippen molar-refractivity contribution in [2.45, 2.75) is 11.3 Å². The van der Waals surface area contributed by atoms with E-state index in [-0.39, 0.29) is 5.82 Å². The summed E-state index contributed by atoms with van der Waals surface area (Å²) in [6, 6.07) is 14.1. The first-order valence-electron chi connectivity index (χ1n) is 7.37. The highest BCUT2D eigenvalue weighted by Gasteiger charge is 2.05. The largest absolute Gasteiger partial charge is 0.493 e. The van der Waals surface area contributed by atoms with Crippen LogP contribution in [-0.2, 0) is 0 Å². The Morgan fingerprint density at radius 3 is 2.79 bits per heavy atom. The summed E-state index contributed by atoms with van der Waals surface area (Å²) in [6.45, 7) is 2.57. The molecule has 0 aliphatic carbocycles. The zero-order valence-electron chi connectivity index (χ0n) is 13.0. The summed E-state index contributed by atoms with van der Waals surface area (Å²) in [5.41, 5.74) is 2.19. The topological polar surface area (TPSA) is 47.0 Å². The van der Waals surface area contributed by atoms with Crippen LogP contribution in [0.5, 0.6) is 5.75 Å². The van der Waals surface area contributed by atoms with Crippen LogP contribution in [0.2, 0.25) is 0 Å². The van der Waals surface area contributed by atoms with E-state index in [1.807, 2.05) is 25.1 Å². The molecule has 24 heavy (non-hydrogen) atoms. The van der Waals surface area contributed by atoms with Crippen LogP contribution < -0.4 is 10.1 Å². The number of nitrogens with one attached hydrogen (secondary N) is 1. The van der Waals surface area contributed by atoms with Crippen molar-refractivity contribution in [3.63, 3.8) is 0 Å². The van der Waals surface area contributed by atoms with E-state index in [1.165, 1.54) is 29.0 Å². The summed E-state index contributed by atoms with van der Waals surface area (Å²) >= 11 is 3.09. The maximum absolute atomic E-state index is 12.8. The van der Waals surface area contributed by atoms with Crippen LogP contribution in [0.15, 0.2) is 52.9 Å². The van der Waals surface area contributed by atoms with Gasteiger partial charge in [-0.3, -0.25) is 0 Å². The number of nitrogens with zero attached hydrogens (tertiary/aromatic N) is 2. The van der Waals surface area contributed by atoms with E-state index in [4.69, 9.17) is 4.74 Å². The zero-order valence-corrected chi connectivity index (χ0v) is 14.7. The van der Waals surface area contributed by atoms with E-state index < -0.39 is 0 Å². The molecule has 3 aromatic rings. The molecule has 1 heterocycles. The summed E-state index contributed by atoms with van der Waals surface area (Å²) in [5, 5.41) is 12.3. The van der Waals surface area contributed by atoms with E-state index in [0.717, 1.165) is 20.9 Å². The van der Waals surface area contributed by atoms with Gasteiger partial charge in [0.05, 0.1) is 6.61 Å². The Hall–Kier alpha value is -2.12. The lowest BCUT2D eigenvalue weighted by atomic mass is 10.2. The summed E-state index contributed by atoms with van der Waals surface area (Å²) in [5.74, 6) is 1.14. The van der Waals surface area contributed by atoms with E-state index in [2.05, 4.69) is 21.6 Å². The van der Waals surface area contributed by atoms with Crippen LogP contribution >= 0.6 is 23.1 Å². The minimum atomic E-state index is -0.265. The smallest absolute Gasteiger partial charge is 0.210 e. The van der Waals surface area contributed by atoms with Gasteiger partial charge in [-0.05, 0) is 48.9 Å². The average molecular weight is 361 g/mol. The van der Waals surface area contributed by atoms with Crippen molar-refractivity contribution in [1.29, 1.82) is 0 Å². The lowest BCUT2D eigenvalue weighted by molar-refractivity contribution is 0.343. The number of ether oxygens (including phenoxy) is 1. The Bertz CT molecular complexity index is 793. The van der Waals surface area contributed by atoms with Gasteiger partial charge in [0.1, 0.15) is 11.6 Å². The van der Waals surface area contributed by atoms with Gasteiger partial charge in [0.25, 0.3) is 0 Å². The minimum absolute atomic E-state index is 0.265. The fourth-order valence-corrected chi connectivity index (χ4v) is 3.64. The fourth-order valence-electron chi connectivity index (χ4n) is 1.98. The summed E-state index contributed by atoms with van der Waals surface area (Å²) < 4.78 is 19.2. The standard InChI is InChI=1S/C17H16FN3OS2/c1-12-3-2-4-14(11-12)19-16-20-21-17(24-16)23-10-9-22-15-7-5-13(18)6-8-15/h2-8,11H,9-10H2,1H3,(H,19,20). The average Bonchev–Trinajstić information content (AvgIpc) is 3.01. The second-order valence-corrected chi connectivity index (χ2v) is 7.34. The minimum Gasteiger partial charge on any atom is -0.493 e. The quantitative estimate of drug-likeness (QED) is 0.479. The van der Waals surface area contributed by atoms with Gasteiger partial charge >= 0.3 is 0 Å². The molecule has 0 saturated heterocycles. The molecule has 0 atom stereocenters. The lowest BCUT2D eigenvalue weighted by Crippen LogP contribution is -1.99. The van der Waals surface area contributed by atoms with Gasteiger partial charge in [0.2, 0.25) is 5.13 Å². The Morgan fingerprint density at radius 1 is 1.17 bits per heavy atom. The summed E-state index contributed by atoms with van der Waals surface area (Å²) in [6.07, 6.45) is 0. The maximum Gasteiger partial charge on any atom is 0.210 e. The van der Waals surface area contributed by atoms with E-state index in [0.29, 0.717) is 12.4 Å². The van der Waals surface area contributed by atoms with Crippen molar-refractivity contribution >= 4 is 33.9 Å². The number of aryl methyl sites for hydroxylation is 1. The van der Waals surface area contributed by atoms with Crippen LogP contribution in [-0.4, -0.2) is 22.6 Å². The van der Waals surface area contributed by atoms with Crippen molar-refractivity contribution in [3.8, 4) is 5.75 Å². The first-order valence-corrected chi connectivity index (χ1v) is 9.17. The first-order chi connectivity index (χ1) is 11.7.